The predicted octanol–water partition coefficient (Wildman–Crippen LogP) is 4.11. The molecule has 0 spiro atoms. The number of fused-ring (bicyclic) bond motifs is 1. The normalized spacial score (nSPS) is 15.5. The first-order valence-corrected chi connectivity index (χ1v) is 8.38. The molecule has 0 saturated carbocycles. The van der Waals surface area contributed by atoms with Crippen molar-refractivity contribution in [1.29, 1.82) is 0 Å². The van der Waals surface area contributed by atoms with Gasteiger partial charge in [-0.3, -0.25) is 9.48 Å². The molecule has 1 aromatic heterocycles. The van der Waals surface area contributed by atoms with Gasteiger partial charge in [0.15, 0.2) is 0 Å². The van der Waals surface area contributed by atoms with Crippen LogP contribution in [0.1, 0.15) is 54.4 Å². The fraction of sp³-hybridized carbons (Fsp3) is 0.444. The molecule has 1 heterocycles. The van der Waals surface area contributed by atoms with Crippen LogP contribution in [0.5, 0.6) is 0 Å². The van der Waals surface area contributed by atoms with E-state index in [9.17, 15) is 4.79 Å². The van der Waals surface area contributed by atoms with Gasteiger partial charge in [-0.25, -0.2) is 0 Å². The quantitative estimate of drug-likeness (QED) is 0.920. The van der Waals surface area contributed by atoms with Crippen molar-refractivity contribution in [3.05, 3.63) is 45.7 Å². The number of benzene rings is 1. The molecule has 0 unspecified atom stereocenters. The van der Waals surface area contributed by atoms with E-state index >= 15 is 0 Å². The number of carbonyl (C=O) groups is 1. The van der Waals surface area contributed by atoms with Crippen LogP contribution in [0, 0.1) is 0 Å². The summed E-state index contributed by atoms with van der Waals surface area (Å²) in [6.45, 7) is 6.47. The van der Waals surface area contributed by atoms with Gasteiger partial charge < -0.3 is 5.32 Å². The lowest BCUT2D eigenvalue weighted by atomic mass is 9.86. The standard InChI is InChI=1S/C18H22ClN3O/c1-5-13-15(16(19)22(4)21-13)17(23)20-14-8-6-7-12-11(14)9-10-18(12,2)3/h6-8H,5,9-10H2,1-4H3,(H,20,23). The fourth-order valence-electron chi connectivity index (χ4n) is 3.39. The van der Waals surface area contributed by atoms with E-state index in [1.165, 1.54) is 11.1 Å². The molecule has 0 aliphatic heterocycles. The van der Waals surface area contributed by atoms with Crippen LogP contribution in [0.15, 0.2) is 18.2 Å². The van der Waals surface area contributed by atoms with Gasteiger partial charge in [-0.15, -0.1) is 0 Å². The third-order valence-electron chi connectivity index (χ3n) is 4.77. The van der Waals surface area contributed by atoms with Gasteiger partial charge in [-0.1, -0.05) is 44.5 Å². The minimum absolute atomic E-state index is 0.163. The van der Waals surface area contributed by atoms with Gasteiger partial charge in [0.2, 0.25) is 0 Å². The van der Waals surface area contributed by atoms with E-state index < -0.39 is 0 Å². The van der Waals surface area contributed by atoms with Gasteiger partial charge in [0.05, 0.1) is 11.3 Å². The zero-order valence-electron chi connectivity index (χ0n) is 14.0. The molecule has 122 valence electrons. The number of hydrogen-bond acceptors (Lipinski definition) is 2. The number of aromatic nitrogens is 2. The number of hydrogen-bond donors (Lipinski definition) is 1. The molecule has 3 rings (SSSR count). The summed E-state index contributed by atoms with van der Waals surface area (Å²) in [7, 11) is 1.75. The van der Waals surface area contributed by atoms with Gasteiger partial charge in [0, 0.05) is 12.7 Å². The van der Waals surface area contributed by atoms with Crippen LogP contribution in [-0.4, -0.2) is 15.7 Å². The minimum atomic E-state index is -0.182. The summed E-state index contributed by atoms with van der Waals surface area (Å²) in [5, 5.41) is 7.74. The number of amides is 1. The van der Waals surface area contributed by atoms with Gasteiger partial charge in [-0.2, -0.15) is 5.10 Å². The summed E-state index contributed by atoms with van der Waals surface area (Å²) >= 11 is 6.26. The number of rotatable bonds is 3. The van der Waals surface area contributed by atoms with Gasteiger partial charge in [-0.05, 0) is 41.9 Å². The zero-order chi connectivity index (χ0) is 16.8. The molecule has 2 aromatic rings. The molecule has 4 nitrogen and oxygen atoms in total. The first-order valence-electron chi connectivity index (χ1n) is 8.00. The molecule has 5 heteroatoms. The molecule has 1 aliphatic rings. The summed E-state index contributed by atoms with van der Waals surface area (Å²) < 4.78 is 1.55. The van der Waals surface area contributed by atoms with E-state index in [1.54, 1.807) is 11.7 Å². The zero-order valence-corrected chi connectivity index (χ0v) is 14.8. The van der Waals surface area contributed by atoms with E-state index in [1.807, 2.05) is 19.1 Å². The van der Waals surface area contributed by atoms with Crippen LogP contribution in [0.25, 0.3) is 0 Å². The molecule has 0 fully saturated rings. The Labute approximate surface area is 141 Å². The summed E-state index contributed by atoms with van der Waals surface area (Å²) in [5.41, 5.74) is 4.82. The molecule has 1 aromatic carbocycles. The van der Waals surface area contributed by atoms with E-state index in [2.05, 4.69) is 30.3 Å². The van der Waals surface area contributed by atoms with Crippen LogP contribution >= 0.6 is 11.6 Å². The lowest BCUT2D eigenvalue weighted by Crippen LogP contribution is -2.16. The number of aryl methyl sites for hydroxylation is 2. The monoisotopic (exact) mass is 331 g/mol. The molecule has 23 heavy (non-hydrogen) atoms. The third-order valence-corrected chi connectivity index (χ3v) is 5.20. The van der Waals surface area contributed by atoms with Crippen molar-refractivity contribution in [2.45, 2.75) is 45.4 Å². The Balaban J connectivity index is 1.96. The van der Waals surface area contributed by atoms with Crippen LogP contribution in [0.2, 0.25) is 5.15 Å². The van der Waals surface area contributed by atoms with Crippen molar-refractivity contribution < 1.29 is 4.79 Å². The third kappa shape index (κ3) is 2.65. The van der Waals surface area contributed by atoms with E-state index in [0.29, 0.717) is 17.1 Å². The second kappa shape index (κ2) is 5.68. The lowest BCUT2D eigenvalue weighted by molar-refractivity contribution is 0.102. The highest BCUT2D eigenvalue weighted by molar-refractivity contribution is 6.33. The fourth-order valence-corrected chi connectivity index (χ4v) is 3.63. The number of nitrogens with zero attached hydrogens (tertiary/aromatic N) is 2. The van der Waals surface area contributed by atoms with Crippen molar-refractivity contribution in [1.82, 2.24) is 9.78 Å². The highest BCUT2D eigenvalue weighted by atomic mass is 35.5. The lowest BCUT2D eigenvalue weighted by Gasteiger charge is -2.19. The van der Waals surface area contributed by atoms with E-state index in [0.717, 1.165) is 24.2 Å². The Bertz CT molecular complexity index is 777. The summed E-state index contributed by atoms with van der Waals surface area (Å²) in [6, 6.07) is 6.13. The Morgan fingerprint density at radius 2 is 2.17 bits per heavy atom. The molecular formula is C18H22ClN3O. The van der Waals surface area contributed by atoms with Crippen LogP contribution in [0.4, 0.5) is 5.69 Å². The first-order chi connectivity index (χ1) is 10.8. The van der Waals surface area contributed by atoms with E-state index in [-0.39, 0.29) is 11.3 Å². The smallest absolute Gasteiger partial charge is 0.260 e. The summed E-state index contributed by atoms with van der Waals surface area (Å²) in [6.07, 6.45) is 2.76. The molecule has 1 N–H and O–H groups in total. The second-order valence-corrected chi connectivity index (χ2v) is 7.12. The van der Waals surface area contributed by atoms with Gasteiger partial charge in [0.25, 0.3) is 5.91 Å². The molecule has 0 bridgehead atoms. The maximum absolute atomic E-state index is 12.7. The Morgan fingerprint density at radius 1 is 1.43 bits per heavy atom. The van der Waals surface area contributed by atoms with Crippen LogP contribution < -0.4 is 5.32 Å². The number of anilines is 1. The average Bonchev–Trinajstić information content (AvgIpc) is 2.97. The van der Waals surface area contributed by atoms with Gasteiger partial charge >= 0.3 is 0 Å². The number of nitrogens with one attached hydrogen (secondary N) is 1. The van der Waals surface area contributed by atoms with E-state index in [4.69, 9.17) is 11.6 Å². The van der Waals surface area contributed by atoms with Crippen molar-refractivity contribution in [2.24, 2.45) is 7.05 Å². The predicted molar refractivity (Wildman–Crippen MR) is 93.3 cm³/mol. The van der Waals surface area contributed by atoms with Gasteiger partial charge in [0.1, 0.15) is 5.15 Å². The molecule has 0 atom stereocenters. The SMILES string of the molecule is CCc1nn(C)c(Cl)c1C(=O)Nc1cccc2c1CCC2(C)C. The van der Waals surface area contributed by atoms with Crippen LogP contribution in [-0.2, 0) is 25.3 Å². The van der Waals surface area contributed by atoms with Crippen molar-refractivity contribution in [3.8, 4) is 0 Å². The minimum Gasteiger partial charge on any atom is -0.322 e. The topological polar surface area (TPSA) is 46.9 Å². The summed E-state index contributed by atoms with van der Waals surface area (Å²) in [5.74, 6) is -0.182. The molecule has 1 amide bonds. The Kier molecular flexibility index (Phi) is 3.96. The highest BCUT2D eigenvalue weighted by Gasteiger charge is 2.31. The highest BCUT2D eigenvalue weighted by Crippen LogP contribution is 2.41. The van der Waals surface area contributed by atoms with Crippen molar-refractivity contribution >= 4 is 23.2 Å². The second-order valence-electron chi connectivity index (χ2n) is 6.76. The maximum Gasteiger partial charge on any atom is 0.260 e. The maximum atomic E-state index is 12.7. The first kappa shape index (κ1) is 16.1. The Morgan fingerprint density at radius 3 is 2.87 bits per heavy atom. The average molecular weight is 332 g/mol. The number of halogens is 1. The molecular weight excluding hydrogens is 310 g/mol. The molecule has 0 saturated heterocycles. The number of carbonyl (C=O) groups excluding carboxylic acids is 1. The van der Waals surface area contributed by atoms with Crippen molar-refractivity contribution in [2.75, 3.05) is 5.32 Å². The molecule has 1 aliphatic carbocycles. The Hall–Kier alpha value is -1.81. The summed E-state index contributed by atoms with van der Waals surface area (Å²) in [4.78, 5) is 12.7. The molecule has 0 radical (unpaired) electrons. The largest absolute Gasteiger partial charge is 0.322 e. The van der Waals surface area contributed by atoms with Crippen molar-refractivity contribution in [3.63, 3.8) is 0 Å². The van der Waals surface area contributed by atoms with Crippen LogP contribution in [0.3, 0.4) is 0 Å².